The number of aromatic nitrogens is 5. The third kappa shape index (κ3) is 6.37. The van der Waals surface area contributed by atoms with Crippen LogP contribution < -0.4 is 4.90 Å². The van der Waals surface area contributed by atoms with Gasteiger partial charge in [0.25, 0.3) is 0 Å². The van der Waals surface area contributed by atoms with E-state index in [0.717, 1.165) is 0 Å². The minimum atomic E-state index is -4.64. The predicted molar refractivity (Wildman–Crippen MR) is 111 cm³/mol. The summed E-state index contributed by atoms with van der Waals surface area (Å²) in [6.07, 6.45) is 0.322. The average Bonchev–Trinajstić information content (AvgIpc) is 3.39. The Morgan fingerprint density at radius 3 is 2.48 bits per heavy atom. The number of aryl methyl sites for hydroxylation is 1. The Labute approximate surface area is 186 Å². The minimum absolute atomic E-state index is 0.176. The fraction of sp³-hybridized carbons (Fsp3) is 0.278. The highest BCUT2D eigenvalue weighted by Gasteiger charge is 2.32. The van der Waals surface area contributed by atoms with Gasteiger partial charge in [0, 0.05) is 17.3 Å². The zero-order valence-electron chi connectivity index (χ0n) is 17.2. The molecule has 3 aromatic rings. The number of amides is 1. The second-order valence-electron chi connectivity index (χ2n) is 6.71. The highest BCUT2D eigenvalue weighted by molar-refractivity contribution is 7.45. The maximum atomic E-state index is 14.7. The van der Waals surface area contributed by atoms with Gasteiger partial charge in [-0.15, -0.1) is 10.2 Å². The fourth-order valence-electron chi connectivity index (χ4n) is 2.90. The van der Waals surface area contributed by atoms with Crippen molar-refractivity contribution >= 4 is 19.6 Å². The van der Waals surface area contributed by atoms with E-state index in [9.17, 15) is 9.18 Å². The topological polar surface area (TPSA) is 184 Å². The number of carbonyl (C=O) groups excluding carboxylic acids is 1. The van der Waals surface area contributed by atoms with Gasteiger partial charge in [-0.25, -0.2) is 13.8 Å². The van der Waals surface area contributed by atoms with Gasteiger partial charge in [0.2, 0.25) is 5.82 Å². The SMILES string of the molecule is CCn1nnc(-c2ccc(-c3ccc(N4C[C@@H](CO)OC4=O)cc3F)cn2)n1.O=P(O)(O)O. The molecule has 15 heteroatoms. The van der Waals surface area contributed by atoms with E-state index in [0.29, 0.717) is 34.9 Å². The molecule has 0 bridgehead atoms. The smallest absolute Gasteiger partial charge is 0.441 e. The Morgan fingerprint density at radius 2 is 1.97 bits per heavy atom. The van der Waals surface area contributed by atoms with Gasteiger partial charge in [0.15, 0.2) is 0 Å². The molecule has 0 saturated carbocycles. The van der Waals surface area contributed by atoms with Gasteiger partial charge in [0.05, 0.1) is 25.4 Å². The normalized spacial score (nSPS) is 15.8. The second kappa shape index (κ2) is 10.1. The lowest BCUT2D eigenvalue weighted by Gasteiger charge is -2.14. The first-order chi connectivity index (χ1) is 15.6. The number of hydrogen-bond acceptors (Lipinski definition) is 8. The second-order valence-corrected chi connectivity index (χ2v) is 7.74. The largest absolute Gasteiger partial charge is 0.466 e. The lowest BCUT2D eigenvalue weighted by Crippen LogP contribution is -2.25. The van der Waals surface area contributed by atoms with Crippen LogP contribution in [0.4, 0.5) is 14.9 Å². The van der Waals surface area contributed by atoms with Crippen LogP contribution in [0.1, 0.15) is 6.92 Å². The molecule has 1 atom stereocenters. The fourth-order valence-corrected chi connectivity index (χ4v) is 2.90. The Morgan fingerprint density at radius 1 is 1.24 bits per heavy atom. The van der Waals surface area contributed by atoms with Gasteiger partial charge in [-0.1, -0.05) is 6.07 Å². The molecule has 1 aliphatic heterocycles. The maximum absolute atomic E-state index is 14.7. The molecule has 33 heavy (non-hydrogen) atoms. The van der Waals surface area contributed by atoms with Crippen molar-refractivity contribution in [1.29, 1.82) is 0 Å². The number of benzene rings is 1. The van der Waals surface area contributed by atoms with Crippen molar-refractivity contribution in [2.24, 2.45) is 0 Å². The average molecular weight is 482 g/mol. The summed E-state index contributed by atoms with van der Waals surface area (Å²) in [5, 5.41) is 21.1. The number of rotatable bonds is 5. The van der Waals surface area contributed by atoms with Crippen molar-refractivity contribution in [3.63, 3.8) is 0 Å². The van der Waals surface area contributed by atoms with Crippen molar-refractivity contribution < 1.29 is 38.3 Å². The van der Waals surface area contributed by atoms with Crippen LogP contribution in [0, 0.1) is 5.82 Å². The van der Waals surface area contributed by atoms with Crippen molar-refractivity contribution in [3.8, 4) is 22.6 Å². The summed E-state index contributed by atoms with van der Waals surface area (Å²) in [5.41, 5.74) is 1.83. The van der Waals surface area contributed by atoms with Crippen molar-refractivity contribution in [2.45, 2.75) is 19.6 Å². The zero-order chi connectivity index (χ0) is 24.2. The van der Waals surface area contributed by atoms with E-state index in [-0.39, 0.29) is 13.2 Å². The van der Waals surface area contributed by atoms with Crippen LogP contribution in [0.25, 0.3) is 22.6 Å². The quantitative estimate of drug-likeness (QED) is 0.380. The molecule has 4 rings (SSSR count). The van der Waals surface area contributed by atoms with Gasteiger partial charge in [0.1, 0.15) is 17.6 Å². The molecule has 176 valence electrons. The Hall–Kier alpha value is -3.29. The first-order valence-electron chi connectivity index (χ1n) is 9.50. The summed E-state index contributed by atoms with van der Waals surface area (Å²) in [7, 11) is -4.64. The number of aliphatic hydroxyl groups excluding tert-OH is 1. The number of aliphatic hydroxyl groups is 1. The molecule has 3 heterocycles. The number of cyclic esters (lactones) is 1. The van der Waals surface area contributed by atoms with Crippen molar-refractivity contribution in [3.05, 3.63) is 42.3 Å². The van der Waals surface area contributed by atoms with Crippen LogP contribution >= 0.6 is 7.82 Å². The number of phosphoric acid groups is 1. The van der Waals surface area contributed by atoms with E-state index in [1.807, 2.05) is 6.92 Å². The first kappa shape index (κ1) is 24.4. The Balaban J connectivity index is 0.000000555. The highest BCUT2D eigenvalue weighted by atomic mass is 31.2. The van der Waals surface area contributed by atoms with Crippen LogP contribution in [-0.2, 0) is 15.8 Å². The highest BCUT2D eigenvalue weighted by Crippen LogP contribution is 2.29. The maximum Gasteiger partial charge on any atom is 0.466 e. The van der Waals surface area contributed by atoms with Crippen molar-refractivity contribution in [1.82, 2.24) is 25.2 Å². The van der Waals surface area contributed by atoms with Gasteiger partial charge in [-0.2, -0.15) is 4.80 Å². The number of halogens is 1. The number of tetrazole rings is 1. The summed E-state index contributed by atoms with van der Waals surface area (Å²) in [4.78, 5) is 40.4. The van der Waals surface area contributed by atoms with Gasteiger partial charge in [-0.05, 0) is 36.4 Å². The third-order valence-corrected chi connectivity index (χ3v) is 4.38. The van der Waals surface area contributed by atoms with Crippen LogP contribution in [0.15, 0.2) is 36.5 Å². The molecule has 1 fully saturated rings. The van der Waals surface area contributed by atoms with E-state index < -0.39 is 25.8 Å². The molecule has 1 aliphatic rings. The molecule has 1 aromatic carbocycles. The molecule has 13 nitrogen and oxygen atoms in total. The monoisotopic (exact) mass is 482 g/mol. The zero-order valence-corrected chi connectivity index (χ0v) is 18.1. The summed E-state index contributed by atoms with van der Waals surface area (Å²) in [6.45, 7) is 2.41. The number of ether oxygens (including phenoxy) is 1. The Kier molecular flexibility index (Phi) is 7.46. The molecule has 0 unspecified atom stereocenters. The number of nitrogens with zero attached hydrogens (tertiary/aromatic N) is 6. The molecule has 0 radical (unpaired) electrons. The number of pyridine rings is 1. The molecular weight excluding hydrogens is 462 g/mol. The molecule has 1 amide bonds. The number of hydrogen-bond donors (Lipinski definition) is 4. The molecular formula is C18H20FN6O7P. The molecule has 4 N–H and O–H groups in total. The lowest BCUT2D eigenvalue weighted by molar-refractivity contribution is 0.0963. The van der Waals surface area contributed by atoms with Crippen LogP contribution in [0.3, 0.4) is 0 Å². The summed E-state index contributed by atoms with van der Waals surface area (Å²) < 4.78 is 28.5. The third-order valence-electron chi connectivity index (χ3n) is 4.38. The lowest BCUT2D eigenvalue weighted by atomic mass is 10.1. The van der Waals surface area contributed by atoms with Crippen molar-refractivity contribution in [2.75, 3.05) is 18.1 Å². The molecule has 1 saturated heterocycles. The number of carbonyl (C=O) groups is 1. The molecule has 2 aromatic heterocycles. The summed E-state index contributed by atoms with van der Waals surface area (Å²) in [5.74, 6) is -0.0995. The first-order valence-corrected chi connectivity index (χ1v) is 11.1. The number of anilines is 1. The van der Waals surface area contributed by atoms with Gasteiger partial charge >= 0.3 is 13.9 Å². The van der Waals surface area contributed by atoms with Crippen LogP contribution in [0.2, 0.25) is 0 Å². The standard InChI is InChI=1S/C18H17FN6O3.H3O4P/c1-2-25-22-17(21-23-25)16-6-3-11(8-20-16)14-5-4-12(7-15(14)19)24-9-13(10-26)28-18(24)27;1-5(2,3)4/h3-8,13,26H,2,9-10H2,1H3;(H3,1,2,3,4)/t13-;/m0./s1. The van der Waals surface area contributed by atoms with E-state index in [1.54, 1.807) is 24.3 Å². The molecule has 0 spiro atoms. The minimum Gasteiger partial charge on any atom is -0.441 e. The Bertz CT molecular complexity index is 1160. The predicted octanol–water partition coefficient (Wildman–Crippen LogP) is 0.950. The summed E-state index contributed by atoms with van der Waals surface area (Å²) in [6, 6.07) is 7.88. The van der Waals surface area contributed by atoms with E-state index in [2.05, 4.69) is 20.4 Å². The molecule has 0 aliphatic carbocycles. The van der Waals surface area contributed by atoms with Gasteiger partial charge < -0.3 is 24.5 Å². The van der Waals surface area contributed by atoms with Crippen LogP contribution in [0.5, 0.6) is 0 Å². The van der Waals surface area contributed by atoms with Gasteiger partial charge in [-0.3, -0.25) is 9.88 Å². The van der Waals surface area contributed by atoms with E-state index in [1.165, 1.54) is 22.0 Å². The van der Waals surface area contributed by atoms with E-state index >= 15 is 0 Å². The van der Waals surface area contributed by atoms with Crippen LogP contribution in [-0.4, -0.2) is 70.3 Å². The van der Waals surface area contributed by atoms with E-state index in [4.69, 9.17) is 29.1 Å². The summed E-state index contributed by atoms with van der Waals surface area (Å²) >= 11 is 0.